The minimum absolute atomic E-state index is 0.0645. The van der Waals surface area contributed by atoms with Gasteiger partial charge in [0, 0.05) is 12.6 Å². The maximum atomic E-state index is 11.5. The standard InChI is InChI=1S/C14H20N2O2/c1-11(2)16-14(18)10-13(17)15-9-8-12-6-4-3-5-7-12/h3-7,11H,8-10H2,1-2H3,(H,15,17)(H,16,18). The molecule has 0 aliphatic heterocycles. The van der Waals surface area contributed by atoms with Crippen molar-refractivity contribution in [3.63, 3.8) is 0 Å². The van der Waals surface area contributed by atoms with E-state index in [2.05, 4.69) is 10.6 Å². The first-order valence-electron chi connectivity index (χ1n) is 6.18. The number of benzene rings is 1. The van der Waals surface area contributed by atoms with Crippen molar-refractivity contribution in [2.45, 2.75) is 32.7 Å². The number of nitrogens with one attached hydrogen (secondary N) is 2. The number of carbonyl (C=O) groups is 2. The first-order chi connectivity index (χ1) is 8.58. The summed E-state index contributed by atoms with van der Waals surface area (Å²) < 4.78 is 0. The third kappa shape index (κ3) is 6.03. The largest absolute Gasteiger partial charge is 0.355 e. The maximum absolute atomic E-state index is 11.5. The predicted molar refractivity (Wildman–Crippen MR) is 71.1 cm³/mol. The summed E-state index contributed by atoms with van der Waals surface area (Å²) >= 11 is 0. The minimum Gasteiger partial charge on any atom is -0.355 e. The fourth-order valence-electron chi connectivity index (χ4n) is 1.57. The molecule has 0 aromatic heterocycles. The van der Waals surface area contributed by atoms with Gasteiger partial charge in [-0.2, -0.15) is 0 Å². The third-order valence-corrected chi connectivity index (χ3v) is 2.35. The van der Waals surface area contributed by atoms with Gasteiger partial charge in [-0.15, -0.1) is 0 Å². The molecule has 0 unspecified atom stereocenters. The summed E-state index contributed by atoms with van der Waals surface area (Å²) in [5.74, 6) is -0.466. The summed E-state index contributed by atoms with van der Waals surface area (Å²) in [7, 11) is 0. The van der Waals surface area contributed by atoms with Crippen LogP contribution in [-0.2, 0) is 16.0 Å². The lowest BCUT2D eigenvalue weighted by atomic mass is 10.1. The highest BCUT2D eigenvalue weighted by Gasteiger charge is 2.09. The molecule has 0 saturated heterocycles. The van der Waals surface area contributed by atoms with Crippen LogP contribution in [0.4, 0.5) is 0 Å². The van der Waals surface area contributed by atoms with E-state index in [-0.39, 0.29) is 24.3 Å². The quantitative estimate of drug-likeness (QED) is 0.745. The topological polar surface area (TPSA) is 58.2 Å². The van der Waals surface area contributed by atoms with Gasteiger partial charge in [0.05, 0.1) is 0 Å². The van der Waals surface area contributed by atoms with Crippen LogP contribution < -0.4 is 10.6 Å². The fourth-order valence-corrected chi connectivity index (χ4v) is 1.57. The molecular weight excluding hydrogens is 228 g/mol. The van der Waals surface area contributed by atoms with Crippen LogP contribution in [0.25, 0.3) is 0 Å². The Balaban J connectivity index is 2.19. The second-order valence-electron chi connectivity index (χ2n) is 4.48. The van der Waals surface area contributed by atoms with Crippen LogP contribution in [0.2, 0.25) is 0 Å². The van der Waals surface area contributed by atoms with Crippen molar-refractivity contribution in [2.75, 3.05) is 6.54 Å². The van der Waals surface area contributed by atoms with Crippen molar-refractivity contribution in [1.82, 2.24) is 10.6 Å². The van der Waals surface area contributed by atoms with E-state index in [0.29, 0.717) is 6.54 Å². The molecule has 0 spiro atoms. The molecule has 0 heterocycles. The highest BCUT2D eigenvalue weighted by atomic mass is 16.2. The van der Waals surface area contributed by atoms with Crippen LogP contribution in [0.1, 0.15) is 25.8 Å². The van der Waals surface area contributed by atoms with E-state index in [1.165, 1.54) is 5.56 Å². The number of hydrogen-bond donors (Lipinski definition) is 2. The number of carbonyl (C=O) groups excluding carboxylic acids is 2. The smallest absolute Gasteiger partial charge is 0.229 e. The molecule has 0 aliphatic rings. The zero-order valence-electron chi connectivity index (χ0n) is 10.9. The zero-order valence-corrected chi connectivity index (χ0v) is 10.9. The molecular formula is C14H20N2O2. The van der Waals surface area contributed by atoms with Crippen LogP contribution in [0.5, 0.6) is 0 Å². The van der Waals surface area contributed by atoms with Crippen molar-refractivity contribution < 1.29 is 9.59 Å². The molecule has 0 aliphatic carbocycles. The Hall–Kier alpha value is -1.84. The average Bonchev–Trinajstić information content (AvgIpc) is 2.29. The molecule has 18 heavy (non-hydrogen) atoms. The minimum atomic E-state index is -0.234. The molecule has 1 aromatic rings. The van der Waals surface area contributed by atoms with Gasteiger partial charge in [0.2, 0.25) is 11.8 Å². The Morgan fingerprint density at radius 2 is 1.78 bits per heavy atom. The van der Waals surface area contributed by atoms with Gasteiger partial charge in [-0.05, 0) is 25.8 Å². The Kier molecular flexibility index (Phi) is 5.91. The lowest BCUT2D eigenvalue weighted by Crippen LogP contribution is -2.35. The van der Waals surface area contributed by atoms with Gasteiger partial charge in [-0.1, -0.05) is 30.3 Å². The van der Waals surface area contributed by atoms with Crippen molar-refractivity contribution in [3.8, 4) is 0 Å². The Morgan fingerprint density at radius 3 is 2.39 bits per heavy atom. The summed E-state index contributed by atoms with van der Waals surface area (Å²) in [6.07, 6.45) is 0.672. The van der Waals surface area contributed by atoms with Gasteiger partial charge in [0.25, 0.3) is 0 Å². The molecule has 2 amide bonds. The van der Waals surface area contributed by atoms with E-state index in [4.69, 9.17) is 0 Å². The van der Waals surface area contributed by atoms with E-state index < -0.39 is 0 Å². The molecule has 4 nitrogen and oxygen atoms in total. The third-order valence-electron chi connectivity index (χ3n) is 2.35. The van der Waals surface area contributed by atoms with Crippen LogP contribution in [0.3, 0.4) is 0 Å². The van der Waals surface area contributed by atoms with Crippen LogP contribution >= 0.6 is 0 Å². The van der Waals surface area contributed by atoms with Crippen LogP contribution in [0, 0.1) is 0 Å². The first kappa shape index (κ1) is 14.2. The summed E-state index contributed by atoms with van der Waals surface area (Å²) in [6, 6.07) is 9.98. The summed E-state index contributed by atoms with van der Waals surface area (Å²) in [6.45, 7) is 4.29. The van der Waals surface area contributed by atoms with Gasteiger partial charge in [0.15, 0.2) is 0 Å². The Labute approximate surface area is 108 Å². The highest BCUT2D eigenvalue weighted by Crippen LogP contribution is 1.98. The molecule has 0 atom stereocenters. The molecule has 1 aromatic carbocycles. The molecule has 0 saturated carbocycles. The molecule has 98 valence electrons. The van der Waals surface area contributed by atoms with Crippen molar-refractivity contribution in [2.24, 2.45) is 0 Å². The molecule has 0 fully saturated rings. The SMILES string of the molecule is CC(C)NC(=O)CC(=O)NCCc1ccccc1. The lowest BCUT2D eigenvalue weighted by Gasteiger charge is -2.08. The van der Waals surface area contributed by atoms with E-state index in [9.17, 15) is 9.59 Å². The van der Waals surface area contributed by atoms with Gasteiger partial charge in [0.1, 0.15) is 6.42 Å². The van der Waals surface area contributed by atoms with Crippen LogP contribution in [0.15, 0.2) is 30.3 Å². The number of amides is 2. The number of hydrogen-bond acceptors (Lipinski definition) is 2. The summed E-state index contributed by atoms with van der Waals surface area (Å²) in [5.41, 5.74) is 1.17. The molecule has 0 bridgehead atoms. The van der Waals surface area contributed by atoms with E-state index in [1.54, 1.807) is 0 Å². The van der Waals surface area contributed by atoms with Gasteiger partial charge >= 0.3 is 0 Å². The van der Waals surface area contributed by atoms with Gasteiger partial charge in [-0.3, -0.25) is 9.59 Å². The summed E-state index contributed by atoms with van der Waals surface area (Å²) in [5, 5.41) is 5.42. The van der Waals surface area contributed by atoms with Crippen molar-refractivity contribution in [3.05, 3.63) is 35.9 Å². The van der Waals surface area contributed by atoms with E-state index in [0.717, 1.165) is 6.42 Å². The lowest BCUT2D eigenvalue weighted by molar-refractivity contribution is -0.129. The molecule has 0 radical (unpaired) electrons. The highest BCUT2D eigenvalue weighted by molar-refractivity contribution is 5.96. The van der Waals surface area contributed by atoms with Gasteiger partial charge in [-0.25, -0.2) is 0 Å². The molecule has 1 rings (SSSR count). The Bertz CT molecular complexity index is 388. The second kappa shape index (κ2) is 7.48. The Morgan fingerprint density at radius 1 is 1.11 bits per heavy atom. The molecule has 4 heteroatoms. The fraction of sp³-hybridized carbons (Fsp3) is 0.429. The molecule has 2 N–H and O–H groups in total. The first-order valence-corrected chi connectivity index (χ1v) is 6.18. The van der Waals surface area contributed by atoms with Crippen molar-refractivity contribution >= 4 is 11.8 Å². The number of rotatable bonds is 6. The second-order valence-corrected chi connectivity index (χ2v) is 4.48. The zero-order chi connectivity index (χ0) is 13.4. The normalized spacial score (nSPS) is 10.2. The van der Waals surface area contributed by atoms with E-state index >= 15 is 0 Å². The predicted octanol–water partition coefficient (Wildman–Crippen LogP) is 1.26. The summed E-state index contributed by atoms with van der Waals surface area (Å²) in [4.78, 5) is 22.8. The van der Waals surface area contributed by atoms with E-state index in [1.807, 2.05) is 44.2 Å². The average molecular weight is 248 g/mol. The monoisotopic (exact) mass is 248 g/mol. The van der Waals surface area contributed by atoms with Gasteiger partial charge < -0.3 is 10.6 Å². The van der Waals surface area contributed by atoms with Crippen LogP contribution in [-0.4, -0.2) is 24.4 Å². The maximum Gasteiger partial charge on any atom is 0.229 e. The van der Waals surface area contributed by atoms with Crippen molar-refractivity contribution in [1.29, 1.82) is 0 Å².